The third kappa shape index (κ3) is 3.18. The molecule has 118 valence electrons. The number of nitrogens with zero attached hydrogens (tertiary/aromatic N) is 2. The second kappa shape index (κ2) is 7.41. The van der Waals surface area contributed by atoms with Gasteiger partial charge in [-0.05, 0) is 18.8 Å². The van der Waals surface area contributed by atoms with Crippen molar-refractivity contribution < 1.29 is 14.6 Å². The van der Waals surface area contributed by atoms with Crippen molar-refractivity contribution in [3.8, 4) is 0 Å². The number of aliphatic hydroxyl groups is 1. The highest BCUT2D eigenvalue weighted by molar-refractivity contribution is 5.97. The molecule has 0 unspecified atom stereocenters. The standard InChI is InChI=1S/C16H26N2O3/c1-7-9-10-12-14(20-5)18-16(11(3)4,13(19)8-2)15(17-12)21-6/h7-8,11-13,19H,1-2,9-10H2,3-6H3/t12-,13-,16+/m0/s1. The lowest BCUT2D eigenvalue weighted by atomic mass is 9.80. The lowest BCUT2D eigenvalue weighted by molar-refractivity contribution is 0.115. The van der Waals surface area contributed by atoms with Crippen molar-refractivity contribution in [1.29, 1.82) is 0 Å². The molecule has 0 fully saturated rings. The lowest BCUT2D eigenvalue weighted by Gasteiger charge is -2.40. The van der Waals surface area contributed by atoms with Gasteiger partial charge in [-0.2, -0.15) is 0 Å². The molecule has 5 heteroatoms. The van der Waals surface area contributed by atoms with Gasteiger partial charge < -0.3 is 14.6 Å². The van der Waals surface area contributed by atoms with Crippen molar-refractivity contribution in [2.45, 2.75) is 44.4 Å². The summed E-state index contributed by atoms with van der Waals surface area (Å²) in [5, 5.41) is 10.4. The van der Waals surface area contributed by atoms with Crippen LogP contribution in [0.5, 0.6) is 0 Å². The van der Waals surface area contributed by atoms with Crippen LogP contribution in [-0.2, 0) is 9.47 Å². The topological polar surface area (TPSA) is 63.4 Å². The van der Waals surface area contributed by atoms with Crippen LogP contribution in [0.25, 0.3) is 0 Å². The molecule has 0 spiro atoms. The van der Waals surface area contributed by atoms with Crippen LogP contribution >= 0.6 is 0 Å². The van der Waals surface area contributed by atoms with Crippen LogP contribution < -0.4 is 0 Å². The molecule has 0 radical (unpaired) electrons. The number of hydrogen-bond donors (Lipinski definition) is 1. The molecule has 0 aliphatic carbocycles. The van der Waals surface area contributed by atoms with Gasteiger partial charge in [-0.3, -0.25) is 0 Å². The van der Waals surface area contributed by atoms with Crippen LogP contribution in [-0.4, -0.2) is 48.8 Å². The molecule has 5 nitrogen and oxygen atoms in total. The Hall–Kier alpha value is -1.62. The Morgan fingerprint density at radius 1 is 1.33 bits per heavy atom. The van der Waals surface area contributed by atoms with Gasteiger partial charge in [0.05, 0.1) is 14.2 Å². The average molecular weight is 294 g/mol. The summed E-state index contributed by atoms with van der Waals surface area (Å²) in [6, 6.07) is -0.216. The number of rotatable bonds is 6. The fourth-order valence-electron chi connectivity index (χ4n) is 2.56. The molecule has 1 heterocycles. The van der Waals surface area contributed by atoms with Gasteiger partial charge >= 0.3 is 0 Å². The minimum atomic E-state index is -0.994. The van der Waals surface area contributed by atoms with E-state index in [2.05, 4.69) is 23.1 Å². The van der Waals surface area contributed by atoms with E-state index in [9.17, 15) is 5.11 Å². The predicted octanol–water partition coefficient (Wildman–Crippen LogP) is 2.37. The second-order valence-electron chi connectivity index (χ2n) is 5.33. The number of aliphatic hydroxyl groups excluding tert-OH is 1. The fourth-order valence-corrected chi connectivity index (χ4v) is 2.56. The first-order valence-electron chi connectivity index (χ1n) is 7.15. The highest BCUT2D eigenvalue weighted by Crippen LogP contribution is 2.34. The van der Waals surface area contributed by atoms with Gasteiger partial charge in [0.25, 0.3) is 0 Å². The molecule has 0 bridgehead atoms. The van der Waals surface area contributed by atoms with Crippen molar-refractivity contribution in [2.75, 3.05) is 14.2 Å². The zero-order chi connectivity index (χ0) is 16.0. The van der Waals surface area contributed by atoms with E-state index in [4.69, 9.17) is 9.47 Å². The SMILES string of the molecule is C=CCC[C@@H]1N=C(OC)[C@@](C(C)C)([C@@H](O)C=C)N=C1OC. The van der Waals surface area contributed by atoms with E-state index >= 15 is 0 Å². The summed E-state index contributed by atoms with van der Waals surface area (Å²) in [7, 11) is 3.11. The van der Waals surface area contributed by atoms with Gasteiger partial charge in [0.1, 0.15) is 12.1 Å². The number of hydrogen-bond acceptors (Lipinski definition) is 5. The van der Waals surface area contributed by atoms with Gasteiger partial charge in [-0.25, -0.2) is 9.98 Å². The first-order valence-corrected chi connectivity index (χ1v) is 7.15. The minimum absolute atomic E-state index is 0.0327. The molecule has 21 heavy (non-hydrogen) atoms. The predicted molar refractivity (Wildman–Crippen MR) is 85.9 cm³/mol. The quantitative estimate of drug-likeness (QED) is 0.765. The summed E-state index contributed by atoms with van der Waals surface area (Å²) in [5.41, 5.74) is -0.994. The highest BCUT2D eigenvalue weighted by Gasteiger charge is 2.49. The third-order valence-corrected chi connectivity index (χ3v) is 3.80. The Morgan fingerprint density at radius 3 is 2.43 bits per heavy atom. The molecule has 0 aromatic heterocycles. The molecular weight excluding hydrogens is 268 g/mol. The van der Waals surface area contributed by atoms with Gasteiger partial charge in [-0.1, -0.05) is 26.0 Å². The zero-order valence-corrected chi connectivity index (χ0v) is 13.4. The zero-order valence-electron chi connectivity index (χ0n) is 13.4. The Morgan fingerprint density at radius 2 is 2.00 bits per heavy atom. The highest BCUT2D eigenvalue weighted by atomic mass is 16.5. The normalized spacial score (nSPS) is 26.7. The van der Waals surface area contributed by atoms with Gasteiger partial charge in [0.15, 0.2) is 5.54 Å². The number of methoxy groups -OCH3 is 2. The summed E-state index contributed by atoms with van der Waals surface area (Å²) in [6.45, 7) is 11.3. The first kappa shape index (κ1) is 17.4. The van der Waals surface area contributed by atoms with E-state index in [-0.39, 0.29) is 12.0 Å². The summed E-state index contributed by atoms with van der Waals surface area (Å²) >= 11 is 0. The van der Waals surface area contributed by atoms with E-state index in [1.165, 1.54) is 6.08 Å². The van der Waals surface area contributed by atoms with E-state index in [0.29, 0.717) is 11.8 Å². The molecule has 0 saturated heterocycles. The summed E-state index contributed by atoms with van der Waals surface area (Å²) in [6.07, 6.45) is 3.92. The molecule has 0 aromatic carbocycles. The molecule has 1 rings (SSSR count). The number of ether oxygens (including phenoxy) is 2. The van der Waals surface area contributed by atoms with Crippen LogP contribution in [0.15, 0.2) is 35.3 Å². The first-order chi connectivity index (χ1) is 9.97. The smallest absolute Gasteiger partial charge is 0.216 e. The molecule has 3 atom stereocenters. The van der Waals surface area contributed by atoms with Gasteiger partial charge in [0.2, 0.25) is 11.8 Å². The molecule has 1 aliphatic heterocycles. The number of allylic oxidation sites excluding steroid dienone is 1. The van der Waals surface area contributed by atoms with Gasteiger partial charge in [-0.15, -0.1) is 13.2 Å². The van der Waals surface area contributed by atoms with E-state index in [1.54, 1.807) is 14.2 Å². The van der Waals surface area contributed by atoms with Crippen molar-refractivity contribution in [2.24, 2.45) is 15.9 Å². The van der Waals surface area contributed by atoms with Crippen LogP contribution in [0, 0.1) is 5.92 Å². The van der Waals surface area contributed by atoms with Gasteiger partial charge in [0, 0.05) is 0 Å². The molecule has 0 saturated carbocycles. The lowest BCUT2D eigenvalue weighted by Crippen LogP contribution is -2.56. The maximum Gasteiger partial charge on any atom is 0.216 e. The Labute approximate surface area is 127 Å². The molecule has 0 aromatic rings. The fraction of sp³-hybridized carbons (Fsp3) is 0.625. The Balaban J connectivity index is 3.34. The summed E-state index contributed by atoms with van der Waals surface area (Å²) in [5.74, 6) is 0.890. The molecular formula is C16H26N2O3. The van der Waals surface area contributed by atoms with E-state index < -0.39 is 11.6 Å². The van der Waals surface area contributed by atoms with Crippen molar-refractivity contribution in [1.82, 2.24) is 0 Å². The van der Waals surface area contributed by atoms with Crippen molar-refractivity contribution in [3.05, 3.63) is 25.3 Å². The molecule has 1 N–H and O–H groups in total. The maximum atomic E-state index is 10.4. The van der Waals surface area contributed by atoms with Crippen molar-refractivity contribution in [3.63, 3.8) is 0 Å². The maximum absolute atomic E-state index is 10.4. The van der Waals surface area contributed by atoms with Crippen LogP contribution in [0.2, 0.25) is 0 Å². The van der Waals surface area contributed by atoms with Crippen LogP contribution in [0.4, 0.5) is 0 Å². The second-order valence-corrected chi connectivity index (χ2v) is 5.33. The minimum Gasteiger partial charge on any atom is -0.483 e. The van der Waals surface area contributed by atoms with Crippen LogP contribution in [0.3, 0.4) is 0 Å². The Kier molecular flexibility index (Phi) is 6.15. The monoisotopic (exact) mass is 294 g/mol. The van der Waals surface area contributed by atoms with Crippen LogP contribution in [0.1, 0.15) is 26.7 Å². The molecule has 0 amide bonds. The largest absolute Gasteiger partial charge is 0.483 e. The summed E-state index contributed by atoms with van der Waals surface area (Å²) < 4.78 is 10.8. The average Bonchev–Trinajstić information content (AvgIpc) is 2.50. The third-order valence-electron chi connectivity index (χ3n) is 3.80. The molecule has 1 aliphatic rings. The summed E-state index contributed by atoms with van der Waals surface area (Å²) in [4.78, 5) is 9.29. The van der Waals surface area contributed by atoms with E-state index in [1.807, 2.05) is 19.9 Å². The van der Waals surface area contributed by atoms with Crippen molar-refractivity contribution >= 4 is 11.8 Å². The van der Waals surface area contributed by atoms with E-state index in [0.717, 1.165) is 12.8 Å². The Bertz CT molecular complexity index is 443. The number of aliphatic imine (C=N–C) groups is 2.